The van der Waals surface area contributed by atoms with E-state index in [9.17, 15) is 26.8 Å². The van der Waals surface area contributed by atoms with Crippen LogP contribution in [0.4, 0.5) is 14.6 Å². The maximum absolute atomic E-state index is 14.2. The zero-order chi connectivity index (χ0) is 27.1. The summed E-state index contributed by atoms with van der Waals surface area (Å²) in [7, 11) is -3.29. The third-order valence-corrected chi connectivity index (χ3v) is 7.61. The number of benzene rings is 1. The molecule has 1 atom stereocenters. The van der Waals surface area contributed by atoms with Crippen molar-refractivity contribution in [1.29, 1.82) is 0 Å². The van der Waals surface area contributed by atoms with Gasteiger partial charge in [-0.05, 0) is 62.6 Å². The van der Waals surface area contributed by atoms with Crippen molar-refractivity contribution in [3.8, 4) is 17.0 Å². The molecule has 3 aromatic rings. The second kappa shape index (κ2) is 9.58. The molecule has 3 heterocycles. The predicted octanol–water partition coefficient (Wildman–Crippen LogP) is 3.47. The second-order valence-electron chi connectivity index (χ2n) is 9.57. The number of amides is 1. The van der Waals surface area contributed by atoms with Crippen molar-refractivity contribution in [2.24, 2.45) is 5.92 Å². The number of ether oxygens (including phenoxy) is 1. The Bertz CT molecular complexity index is 1540. The van der Waals surface area contributed by atoms with Crippen molar-refractivity contribution in [3.63, 3.8) is 0 Å². The molecule has 0 radical (unpaired) electrons. The van der Waals surface area contributed by atoms with E-state index in [-0.39, 0.29) is 34.3 Å². The lowest BCUT2D eigenvalue weighted by Gasteiger charge is -2.34. The third-order valence-electron chi connectivity index (χ3n) is 6.26. The van der Waals surface area contributed by atoms with Crippen LogP contribution in [-0.4, -0.2) is 43.5 Å². The molecule has 0 saturated carbocycles. The number of halogens is 2. The fraction of sp³-hybridized carbons (Fsp3) is 0.320. The molecule has 4 rings (SSSR count). The van der Waals surface area contributed by atoms with Gasteiger partial charge < -0.3 is 14.6 Å². The van der Waals surface area contributed by atoms with E-state index in [2.05, 4.69) is 9.97 Å². The van der Waals surface area contributed by atoms with Gasteiger partial charge in [-0.25, -0.2) is 22.5 Å². The van der Waals surface area contributed by atoms with Crippen LogP contribution in [0.1, 0.15) is 37.6 Å². The lowest BCUT2D eigenvalue weighted by molar-refractivity contribution is 0.0981. The minimum atomic E-state index is -4.50. The Labute approximate surface area is 212 Å². The number of sulfonamides is 1. The highest BCUT2D eigenvalue weighted by atomic mass is 32.2. The first-order valence-corrected chi connectivity index (χ1v) is 12.9. The zero-order valence-electron chi connectivity index (χ0n) is 20.6. The molecule has 1 aliphatic rings. The van der Waals surface area contributed by atoms with Gasteiger partial charge in [-0.3, -0.25) is 9.59 Å². The normalized spacial score (nSPS) is 17.0. The number of hydrogen-bond donors (Lipinski definition) is 2. The van der Waals surface area contributed by atoms with E-state index in [1.54, 1.807) is 0 Å². The Balaban J connectivity index is 1.82. The highest BCUT2D eigenvalue weighted by Crippen LogP contribution is 2.39. The molecule has 0 aliphatic carbocycles. The van der Waals surface area contributed by atoms with Gasteiger partial charge in [0.1, 0.15) is 5.82 Å². The summed E-state index contributed by atoms with van der Waals surface area (Å²) in [6.45, 7) is 6.49. The smallest absolute Gasteiger partial charge is 0.269 e. The summed E-state index contributed by atoms with van der Waals surface area (Å²) in [6, 6.07) is 7.43. The summed E-state index contributed by atoms with van der Waals surface area (Å²) in [5, 5.41) is 0. The van der Waals surface area contributed by atoms with Crippen LogP contribution >= 0.6 is 0 Å². The molecule has 1 fully saturated rings. The number of anilines is 1. The first-order valence-electron chi connectivity index (χ1n) is 11.4. The molecule has 0 unspecified atom stereocenters. The van der Waals surface area contributed by atoms with Gasteiger partial charge in [0.15, 0.2) is 16.5 Å². The van der Waals surface area contributed by atoms with Crippen LogP contribution in [0, 0.1) is 17.6 Å². The minimum Gasteiger partial charge on any atom is -0.494 e. The molecule has 2 aromatic heterocycles. The maximum Gasteiger partial charge on any atom is 0.269 e. The van der Waals surface area contributed by atoms with Crippen LogP contribution in [0.5, 0.6) is 5.75 Å². The van der Waals surface area contributed by atoms with Crippen molar-refractivity contribution >= 4 is 21.7 Å². The summed E-state index contributed by atoms with van der Waals surface area (Å²) in [5.41, 5.74) is -0.949. The fourth-order valence-corrected chi connectivity index (χ4v) is 5.69. The lowest BCUT2D eigenvalue weighted by Crippen LogP contribution is -2.41. The number of methoxy groups -OCH3 is 1. The molecule has 37 heavy (non-hydrogen) atoms. The van der Waals surface area contributed by atoms with Gasteiger partial charge in [0.2, 0.25) is 5.82 Å². The monoisotopic (exact) mass is 532 g/mol. The average Bonchev–Trinajstić information content (AvgIpc) is 3.11. The highest BCUT2D eigenvalue weighted by molar-refractivity contribution is 7.90. The molecular weight excluding hydrogens is 506 g/mol. The van der Waals surface area contributed by atoms with Gasteiger partial charge >= 0.3 is 0 Å². The summed E-state index contributed by atoms with van der Waals surface area (Å²) in [5.74, 6) is -3.16. The first kappa shape index (κ1) is 26.3. The number of hydrogen-bond acceptors (Lipinski definition) is 7. The predicted molar refractivity (Wildman–Crippen MR) is 133 cm³/mol. The topological polar surface area (TPSA) is 121 Å². The van der Waals surface area contributed by atoms with Crippen LogP contribution in [0.3, 0.4) is 0 Å². The maximum atomic E-state index is 14.2. The molecule has 1 aliphatic heterocycles. The van der Waals surface area contributed by atoms with E-state index < -0.39 is 43.6 Å². The van der Waals surface area contributed by atoms with Crippen molar-refractivity contribution in [2.45, 2.75) is 37.6 Å². The Kier molecular flexibility index (Phi) is 6.80. The van der Waals surface area contributed by atoms with Crippen LogP contribution in [0.2, 0.25) is 0 Å². The Morgan fingerprint density at radius 2 is 1.97 bits per heavy atom. The molecule has 196 valence electrons. The van der Waals surface area contributed by atoms with E-state index in [0.717, 1.165) is 18.6 Å². The number of nitrogens with one attached hydrogen (secondary N) is 2. The van der Waals surface area contributed by atoms with Crippen LogP contribution in [0.25, 0.3) is 11.3 Å². The number of carbonyl (C=O) groups is 1. The molecule has 1 saturated heterocycles. The van der Waals surface area contributed by atoms with Crippen LogP contribution in [-0.2, 0) is 10.0 Å². The van der Waals surface area contributed by atoms with E-state index in [1.807, 2.05) is 30.4 Å². The SMILES string of the molecule is COc1cc(-c2ccc(C(=O)NS(=O)(=O)c3ccc[nH]c3=O)c(N3C[C@@H](C)CC3(C)C)n2)cc(F)c1F. The molecule has 9 nitrogen and oxygen atoms in total. The minimum absolute atomic E-state index is 0.0589. The molecular formula is C25H26F2N4O5S. The Morgan fingerprint density at radius 1 is 1.24 bits per heavy atom. The Hall–Kier alpha value is -3.80. The van der Waals surface area contributed by atoms with E-state index in [0.29, 0.717) is 6.54 Å². The van der Waals surface area contributed by atoms with Gasteiger partial charge in [0.25, 0.3) is 21.5 Å². The summed E-state index contributed by atoms with van der Waals surface area (Å²) >= 11 is 0. The molecule has 0 bridgehead atoms. The molecule has 1 amide bonds. The van der Waals surface area contributed by atoms with E-state index in [1.165, 1.54) is 37.6 Å². The molecule has 12 heteroatoms. The van der Waals surface area contributed by atoms with Crippen molar-refractivity contribution in [3.05, 3.63) is 70.1 Å². The molecule has 0 spiro atoms. The first-order chi connectivity index (χ1) is 17.3. The van der Waals surface area contributed by atoms with Crippen LogP contribution < -0.4 is 19.9 Å². The average molecular weight is 533 g/mol. The number of rotatable bonds is 6. The number of aromatic nitrogens is 2. The number of H-pyrrole nitrogens is 1. The van der Waals surface area contributed by atoms with Gasteiger partial charge in [0, 0.05) is 23.8 Å². The van der Waals surface area contributed by atoms with E-state index >= 15 is 0 Å². The van der Waals surface area contributed by atoms with Gasteiger partial charge in [-0.2, -0.15) is 4.39 Å². The largest absolute Gasteiger partial charge is 0.494 e. The van der Waals surface area contributed by atoms with Gasteiger partial charge in [0.05, 0.1) is 18.4 Å². The highest BCUT2D eigenvalue weighted by Gasteiger charge is 2.39. The fourth-order valence-electron chi connectivity index (χ4n) is 4.66. The summed E-state index contributed by atoms with van der Waals surface area (Å²) in [6.07, 6.45) is 2.05. The van der Waals surface area contributed by atoms with E-state index in [4.69, 9.17) is 4.74 Å². The number of nitrogens with zero attached hydrogens (tertiary/aromatic N) is 2. The zero-order valence-corrected chi connectivity index (χ0v) is 21.4. The molecule has 1 aromatic carbocycles. The quantitative estimate of drug-likeness (QED) is 0.499. The number of carbonyl (C=O) groups excluding carboxylic acids is 1. The summed E-state index contributed by atoms with van der Waals surface area (Å²) < 4.78 is 60.7. The van der Waals surface area contributed by atoms with Crippen molar-refractivity contribution in [2.75, 3.05) is 18.6 Å². The number of aromatic amines is 1. The summed E-state index contributed by atoms with van der Waals surface area (Å²) in [4.78, 5) is 33.4. The third kappa shape index (κ3) is 5.06. The van der Waals surface area contributed by atoms with Gasteiger partial charge in [-0.1, -0.05) is 6.92 Å². The number of pyridine rings is 2. The standard InChI is InChI=1S/C25H26F2N4O5S/c1-14-12-25(2,3)31(13-14)22-16(23(32)30-37(34,35)20-6-5-9-28-24(20)33)7-8-18(29-22)15-10-17(26)21(27)19(11-15)36-4/h5-11,14H,12-13H2,1-4H3,(H,28,33)(H,30,32)/t14-/m0/s1. The van der Waals surface area contributed by atoms with Crippen LogP contribution in [0.15, 0.2) is 52.3 Å². The lowest BCUT2D eigenvalue weighted by atomic mass is 9.97. The van der Waals surface area contributed by atoms with Crippen molar-refractivity contribution in [1.82, 2.24) is 14.7 Å². The Morgan fingerprint density at radius 3 is 2.59 bits per heavy atom. The molecule has 2 N–H and O–H groups in total. The van der Waals surface area contributed by atoms with Crippen molar-refractivity contribution < 1.29 is 26.7 Å². The van der Waals surface area contributed by atoms with Gasteiger partial charge in [-0.15, -0.1) is 0 Å². The second-order valence-corrected chi connectivity index (χ2v) is 11.2.